The molecule has 1 fully saturated rings. The predicted octanol–water partition coefficient (Wildman–Crippen LogP) is 1.07. The summed E-state index contributed by atoms with van der Waals surface area (Å²) in [5, 5.41) is 5.52. The van der Waals surface area contributed by atoms with Gasteiger partial charge in [-0.15, -0.1) is 11.3 Å². The average Bonchev–Trinajstić information content (AvgIpc) is 2.79. The number of aromatic nitrogens is 1. The van der Waals surface area contributed by atoms with Crippen LogP contribution in [0.1, 0.15) is 41.3 Å². The zero-order valence-corrected chi connectivity index (χ0v) is 10.6. The summed E-state index contributed by atoms with van der Waals surface area (Å²) in [6, 6.07) is 0.0846. The SMILES string of the molecule is CC(N)c1nc(C(=O)NC2CCOCC2)cs1. The van der Waals surface area contributed by atoms with E-state index in [9.17, 15) is 4.79 Å². The molecule has 5 nitrogen and oxygen atoms in total. The zero-order valence-electron chi connectivity index (χ0n) is 9.81. The Morgan fingerprint density at radius 3 is 2.94 bits per heavy atom. The third-order valence-corrected chi connectivity index (χ3v) is 3.75. The molecule has 17 heavy (non-hydrogen) atoms. The maximum atomic E-state index is 11.9. The smallest absolute Gasteiger partial charge is 0.270 e. The first-order valence-corrected chi connectivity index (χ1v) is 6.64. The van der Waals surface area contributed by atoms with E-state index in [2.05, 4.69) is 10.3 Å². The summed E-state index contributed by atoms with van der Waals surface area (Å²) in [4.78, 5) is 16.1. The summed E-state index contributed by atoms with van der Waals surface area (Å²) in [5.74, 6) is -0.111. The van der Waals surface area contributed by atoms with Gasteiger partial charge in [-0.3, -0.25) is 4.79 Å². The van der Waals surface area contributed by atoms with Gasteiger partial charge in [-0.25, -0.2) is 4.98 Å². The standard InChI is InChI=1S/C11H17N3O2S/c1-7(12)11-14-9(6-17-11)10(15)13-8-2-4-16-5-3-8/h6-8H,2-5,12H2,1H3,(H,13,15). The fourth-order valence-electron chi connectivity index (χ4n) is 1.70. The maximum absolute atomic E-state index is 11.9. The van der Waals surface area contributed by atoms with Gasteiger partial charge in [0.15, 0.2) is 0 Å². The van der Waals surface area contributed by atoms with E-state index in [0.717, 1.165) is 17.8 Å². The van der Waals surface area contributed by atoms with E-state index >= 15 is 0 Å². The van der Waals surface area contributed by atoms with Gasteiger partial charge in [0.2, 0.25) is 0 Å². The highest BCUT2D eigenvalue weighted by molar-refractivity contribution is 7.09. The molecule has 1 aliphatic heterocycles. The van der Waals surface area contributed by atoms with Crippen LogP contribution in [0.25, 0.3) is 0 Å². The van der Waals surface area contributed by atoms with Crippen molar-refractivity contribution in [3.05, 3.63) is 16.1 Å². The van der Waals surface area contributed by atoms with E-state index in [1.54, 1.807) is 5.38 Å². The normalized spacial score (nSPS) is 18.9. The van der Waals surface area contributed by atoms with E-state index < -0.39 is 0 Å². The Kier molecular flexibility index (Phi) is 4.09. The number of hydrogen-bond donors (Lipinski definition) is 2. The van der Waals surface area contributed by atoms with E-state index in [4.69, 9.17) is 10.5 Å². The number of ether oxygens (including phenoxy) is 1. The largest absolute Gasteiger partial charge is 0.381 e. The lowest BCUT2D eigenvalue weighted by Gasteiger charge is -2.22. The topological polar surface area (TPSA) is 77.2 Å². The molecule has 6 heteroatoms. The first-order valence-electron chi connectivity index (χ1n) is 5.76. The Balaban J connectivity index is 1.94. The summed E-state index contributed by atoms with van der Waals surface area (Å²) >= 11 is 1.43. The summed E-state index contributed by atoms with van der Waals surface area (Å²) in [5.41, 5.74) is 6.18. The minimum Gasteiger partial charge on any atom is -0.381 e. The molecule has 0 radical (unpaired) electrons. The van der Waals surface area contributed by atoms with Crippen molar-refractivity contribution in [2.24, 2.45) is 5.73 Å². The third-order valence-electron chi connectivity index (χ3n) is 2.70. The number of nitrogens with two attached hydrogens (primary N) is 1. The molecule has 1 saturated heterocycles. The number of carbonyl (C=O) groups excluding carboxylic acids is 1. The molecule has 3 N–H and O–H groups in total. The highest BCUT2D eigenvalue weighted by atomic mass is 32.1. The molecule has 2 heterocycles. The maximum Gasteiger partial charge on any atom is 0.270 e. The van der Waals surface area contributed by atoms with Crippen LogP contribution in [-0.4, -0.2) is 30.1 Å². The van der Waals surface area contributed by atoms with Crippen LogP contribution in [-0.2, 0) is 4.74 Å². The van der Waals surface area contributed by atoms with Gasteiger partial charge in [-0.2, -0.15) is 0 Å². The molecule has 0 aliphatic carbocycles. The molecule has 2 rings (SSSR count). The first kappa shape index (κ1) is 12.5. The van der Waals surface area contributed by atoms with Gasteiger partial charge in [0.05, 0.1) is 6.04 Å². The number of carbonyl (C=O) groups is 1. The zero-order chi connectivity index (χ0) is 12.3. The van der Waals surface area contributed by atoms with Crippen molar-refractivity contribution in [1.29, 1.82) is 0 Å². The Bertz CT molecular complexity index is 386. The third kappa shape index (κ3) is 3.24. The van der Waals surface area contributed by atoms with Crippen LogP contribution in [0.4, 0.5) is 0 Å². The number of hydrogen-bond acceptors (Lipinski definition) is 5. The fourth-order valence-corrected chi connectivity index (χ4v) is 2.46. The van der Waals surface area contributed by atoms with Gasteiger partial charge in [0.25, 0.3) is 5.91 Å². The lowest BCUT2D eigenvalue weighted by atomic mass is 10.1. The Hall–Kier alpha value is -0.980. The summed E-state index contributed by atoms with van der Waals surface area (Å²) < 4.78 is 5.24. The Labute approximate surface area is 104 Å². The van der Waals surface area contributed by atoms with Crippen LogP contribution >= 0.6 is 11.3 Å². The second-order valence-corrected chi connectivity index (χ2v) is 5.11. The highest BCUT2D eigenvalue weighted by Crippen LogP contribution is 2.16. The van der Waals surface area contributed by atoms with E-state index in [-0.39, 0.29) is 18.0 Å². The summed E-state index contributed by atoms with van der Waals surface area (Å²) in [6.45, 7) is 3.29. The lowest BCUT2D eigenvalue weighted by molar-refractivity contribution is 0.0694. The molecular formula is C11H17N3O2S. The summed E-state index contributed by atoms with van der Waals surface area (Å²) in [7, 11) is 0. The molecule has 1 aliphatic rings. The number of rotatable bonds is 3. The quantitative estimate of drug-likeness (QED) is 0.847. The summed E-state index contributed by atoms with van der Waals surface area (Å²) in [6.07, 6.45) is 1.74. The van der Waals surface area contributed by atoms with Crippen molar-refractivity contribution in [3.63, 3.8) is 0 Å². The van der Waals surface area contributed by atoms with E-state index in [1.165, 1.54) is 11.3 Å². The predicted molar refractivity (Wildman–Crippen MR) is 66.0 cm³/mol. The number of nitrogens with zero attached hydrogens (tertiary/aromatic N) is 1. The lowest BCUT2D eigenvalue weighted by Crippen LogP contribution is -2.39. The molecule has 0 spiro atoms. The van der Waals surface area contributed by atoms with Crippen LogP contribution in [0.15, 0.2) is 5.38 Å². The minimum absolute atomic E-state index is 0.111. The Morgan fingerprint density at radius 1 is 1.65 bits per heavy atom. The highest BCUT2D eigenvalue weighted by Gasteiger charge is 2.19. The van der Waals surface area contributed by atoms with Gasteiger partial charge in [-0.05, 0) is 19.8 Å². The van der Waals surface area contributed by atoms with Gasteiger partial charge < -0.3 is 15.8 Å². The molecule has 1 atom stereocenters. The number of thiazole rings is 1. The van der Waals surface area contributed by atoms with Crippen molar-refractivity contribution >= 4 is 17.2 Å². The van der Waals surface area contributed by atoms with E-state index in [1.807, 2.05) is 6.92 Å². The van der Waals surface area contributed by atoms with Gasteiger partial charge in [0, 0.05) is 24.6 Å². The molecule has 1 amide bonds. The van der Waals surface area contributed by atoms with Crippen LogP contribution in [0.3, 0.4) is 0 Å². The monoisotopic (exact) mass is 255 g/mol. The van der Waals surface area contributed by atoms with Crippen molar-refractivity contribution < 1.29 is 9.53 Å². The van der Waals surface area contributed by atoms with Crippen LogP contribution in [0.2, 0.25) is 0 Å². The van der Waals surface area contributed by atoms with Gasteiger partial charge in [-0.1, -0.05) is 0 Å². The van der Waals surface area contributed by atoms with Gasteiger partial charge in [0.1, 0.15) is 10.7 Å². The molecule has 0 aromatic carbocycles. The second-order valence-electron chi connectivity index (χ2n) is 4.22. The van der Waals surface area contributed by atoms with Crippen molar-refractivity contribution in [2.45, 2.75) is 31.8 Å². The second kappa shape index (κ2) is 5.57. The van der Waals surface area contributed by atoms with E-state index in [0.29, 0.717) is 18.9 Å². The number of nitrogens with one attached hydrogen (secondary N) is 1. The average molecular weight is 255 g/mol. The van der Waals surface area contributed by atoms with Crippen molar-refractivity contribution in [2.75, 3.05) is 13.2 Å². The molecule has 94 valence electrons. The molecular weight excluding hydrogens is 238 g/mol. The molecule has 1 unspecified atom stereocenters. The van der Waals surface area contributed by atoms with Crippen LogP contribution in [0.5, 0.6) is 0 Å². The number of amides is 1. The van der Waals surface area contributed by atoms with Crippen molar-refractivity contribution in [1.82, 2.24) is 10.3 Å². The van der Waals surface area contributed by atoms with Crippen molar-refractivity contribution in [3.8, 4) is 0 Å². The van der Waals surface area contributed by atoms with Crippen LogP contribution in [0, 0.1) is 0 Å². The minimum atomic E-state index is -0.121. The first-order chi connectivity index (χ1) is 8.16. The molecule has 0 saturated carbocycles. The van der Waals surface area contributed by atoms with Gasteiger partial charge >= 0.3 is 0 Å². The fraction of sp³-hybridized carbons (Fsp3) is 0.636. The van der Waals surface area contributed by atoms with Crippen LogP contribution < -0.4 is 11.1 Å². The molecule has 1 aromatic rings. The molecule has 1 aromatic heterocycles. The Morgan fingerprint density at radius 2 is 2.35 bits per heavy atom. The molecule has 0 bridgehead atoms.